The topological polar surface area (TPSA) is 47.0 Å². The van der Waals surface area contributed by atoms with Crippen LogP contribution in [0.3, 0.4) is 0 Å². The van der Waals surface area contributed by atoms with Gasteiger partial charge < -0.3 is 10.1 Å². The van der Waals surface area contributed by atoms with E-state index in [9.17, 15) is 0 Å². The van der Waals surface area contributed by atoms with E-state index >= 15 is 0 Å². The second-order valence-corrected chi connectivity index (χ2v) is 6.10. The lowest BCUT2D eigenvalue weighted by atomic mass is 10.3. The van der Waals surface area contributed by atoms with Gasteiger partial charge in [0.1, 0.15) is 10.8 Å². The van der Waals surface area contributed by atoms with Gasteiger partial charge in [-0.2, -0.15) is 0 Å². The Morgan fingerprint density at radius 1 is 1.21 bits per heavy atom. The summed E-state index contributed by atoms with van der Waals surface area (Å²) < 4.78 is 5.58. The van der Waals surface area contributed by atoms with E-state index in [2.05, 4.69) is 29.4 Å². The third kappa shape index (κ3) is 4.62. The molecule has 1 aromatic carbocycles. The molecule has 7 heteroatoms. The Morgan fingerprint density at radius 2 is 1.89 bits per heavy atom. The van der Waals surface area contributed by atoms with Crippen molar-refractivity contribution in [1.82, 2.24) is 15.5 Å². The first-order chi connectivity index (χ1) is 9.02. The van der Waals surface area contributed by atoms with E-state index in [1.165, 1.54) is 11.3 Å². The summed E-state index contributed by atoms with van der Waals surface area (Å²) in [6, 6.07) is 5.41. The van der Waals surface area contributed by atoms with Crippen molar-refractivity contribution in [1.29, 1.82) is 0 Å². The maximum atomic E-state index is 5.90. The third-order valence-electron chi connectivity index (χ3n) is 2.15. The number of halogens is 2. The number of ether oxygens (including phenoxy) is 1. The number of hydrogen-bond donors (Lipinski definition) is 1. The summed E-state index contributed by atoms with van der Waals surface area (Å²) in [5, 5.41) is 13.7. The zero-order valence-electron chi connectivity index (χ0n) is 10.5. The van der Waals surface area contributed by atoms with Crippen LogP contribution in [0.2, 0.25) is 10.0 Å². The van der Waals surface area contributed by atoms with Crippen molar-refractivity contribution in [3.05, 3.63) is 33.3 Å². The maximum absolute atomic E-state index is 5.90. The minimum atomic E-state index is 0.403. The Bertz CT molecular complexity index is 539. The molecule has 0 aliphatic carbocycles. The molecule has 0 saturated heterocycles. The quantitative estimate of drug-likeness (QED) is 0.900. The van der Waals surface area contributed by atoms with Gasteiger partial charge in [-0.25, -0.2) is 0 Å². The van der Waals surface area contributed by atoms with E-state index in [-0.39, 0.29) is 0 Å². The highest BCUT2D eigenvalue weighted by Gasteiger charge is 2.08. The van der Waals surface area contributed by atoms with Crippen molar-refractivity contribution in [3.8, 4) is 10.9 Å². The highest BCUT2D eigenvalue weighted by Crippen LogP contribution is 2.29. The predicted octanol–water partition coefficient (Wildman–Crippen LogP) is 4.14. The van der Waals surface area contributed by atoms with Gasteiger partial charge in [0, 0.05) is 16.1 Å². The van der Waals surface area contributed by atoms with Gasteiger partial charge >= 0.3 is 0 Å². The molecule has 0 saturated carbocycles. The molecule has 0 radical (unpaired) electrons. The molecule has 1 heterocycles. The number of benzene rings is 1. The van der Waals surface area contributed by atoms with Gasteiger partial charge in [-0.1, -0.05) is 53.5 Å². The van der Waals surface area contributed by atoms with Gasteiger partial charge in [-0.05, 0) is 18.2 Å². The molecule has 0 fully saturated rings. The smallest absolute Gasteiger partial charge is 0.299 e. The van der Waals surface area contributed by atoms with Gasteiger partial charge in [0.25, 0.3) is 5.19 Å². The summed E-state index contributed by atoms with van der Waals surface area (Å²) in [6.45, 7) is 4.83. The van der Waals surface area contributed by atoms with Crippen LogP contribution in [0, 0.1) is 0 Å². The van der Waals surface area contributed by atoms with Gasteiger partial charge in [0.05, 0.1) is 6.54 Å². The minimum absolute atomic E-state index is 0.403. The van der Waals surface area contributed by atoms with E-state index in [0.717, 1.165) is 5.01 Å². The second kappa shape index (κ2) is 6.52. The summed E-state index contributed by atoms with van der Waals surface area (Å²) in [4.78, 5) is 0. The molecule has 0 unspecified atom stereocenters. The van der Waals surface area contributed by atoms with E-state index in [0.29, 0.717) is 33.6 Å². The first kappa shape index (κ1) is 14.5. The molecular formula is C12H13Cl2N3OS. The maximum Gasteiger partial charge on any atom is 0.299 e. The van der Waals surface area contributed by atoms with E-state index < -0.39 is 0 Å². The first-order valence-corrected chi connectivity index (χ1v) is 7.30. The highest BCUT2D eigenvalue weighted by molar-refractivity contribution is 7.13. The van der Waals surface area contributed by atoms with Gasteiger partial charge in [0.15, 0.2) is 0 Å². The van der Waals surface area contributed by atoms with Crippen molar-refractivity contribution in [3.63, 3.8) is 0 Å². The first-order valence-electron chi connectivity index (χ1n) is 5.72. The molecule has 0 atom stereocenters. The SMILES string of the molecule is CC(C)NCc1nnc(Oc2cc(Cl)cc(Cl)c2)s1. The Balaban J connectivity index is 2.03. The van der Waals surface area contributed by atoms with Crippen LogP contribution in [-0.2, 0) is 6.54 Å². The molecule has 1 N–H and O–H groups in total. The zero-order chi connectivity index (χ0) is 13.8. The molecule has 2 aromatic rings. The zero-order valence-corrected chi connectivity index (χ0v) is 12.8. The number of nitrogens with one attached hydrogen (secondary N) is 1. The predicted molar refractivity (Wildman–Crippen MR) is 78.4 cm³/mol. The molecule has 102 valence electrons. The molecular weight excluding hydrogens is 305 g/mol. The van der Waals surface area contributed by atoms with Crippen molar-refractivity contribution >= 4 is 34.5 Å². The van der Waals surface area contributed by atoms with E-state index in [4.69, 9.17) is 27.9 Å². The summed E-state index contributed by atoms with van der Waals surface area (Å²) in [7, 11) is 0. The van der Waals surface area contributed by atoms with Crippen LogP contribution in [0.15, 0.2) is 18.2 Å². The fourth-order valence-corrected chi connectivity index (χ4v) is 2.49. The number of aromatic nitrogens is 2. The molecule has 0 spiro atoms. The summed E-state index contributed by atoms with van der Waals surface area (Å²) in [5.74, 6) is 0.553. The molecule has 0 bridgehead atoms. The Kier molecular flexibility index (Phi) is 4.99. The van der Waals surface area contributed by atoms with Crippen LogP contribution in [0.5, 0.6) is 10.9 Å². The second-order valence-electron chi connectivity index (χ2n) is 4.20. The molecule has 0 amide bonds. The standard InChI is InChI=1S/C12H13Cl2N3OS/c1-7(2)15-6-11-16-17-12(19-11)18-10-4-8(13)3-9(14)5-10/h3-5,7,15H,6H2,1-2H3. The van der Waals surface area contributed by atoms with Crippen LogP contribution >= 0.6 is 34.5 Å². The van der Waals surface area contributed by atoms with E-state index in [1.54, 1.807) is 18.2 Å². The lowest BCUT2D eigenvalue weighted by Crippen LogP contribution is -2.21. The largest absolute Gasteiger partial charge is 0.430 e. The van der Waals surface area contributed by atoms with Crippen LogP contribution in [0.1, 0.15) is 18.9 Å². The van der Waals surface area contributed by atoms with Crippen molar-refractivity contribution in [2.45, 2.75) is 26.4 Å². The lowest BCUT2D eigenvalue weighted by molar-refractivity contribution is 0.473. The molecule has 2 rings (SSSR count). The van der Waals surface area contributed by atoms with Crippen LogP contribution in [0.25, 0.3) is 0 Å². The molecule has 0 aliphatic heterocycles. The molecule has 4 nitrogen and oxygen atoms in total. The Labute approximate surface area is 125 Å². The minimum Gasteiger partial charge on any atom is -0.430 e. The summed E-state index contributed by atoms with van der Waals surface area (Å²) in [5.41, 5.74) is 0. The number of rotatable bonds is 5. The Hall–Kier alpha value is -0.880. The fraction of sp³-hybridized carbons (Fsp3) is 0.333. The van der Waals surface area contributed by atoms with E-state index in [1.807, 2.05) is 0 Å². The van der Waals surface area contributed by atoms with Gasteiger partial charge in [0.2, 0.25) is 0 Å². The molecule has 19 heavy (non-hydrogen) atoms. The molecule has 1 aromatic heterocycles. The van der Waals surface area contributed by atoms with Crippen LogP contribution in [-0.4, -0.2) is 16.2 Å². The normalized spacial score (nSPS) is 11.0. The fourth-order valence-electron chi connectivity index (χ4n) is 1.33. The summed E-state index contributed by atoms with van der Waals surface area (Å²) >= 11 is 13.2. The third-order valence-corrected chi connectivity index (χ3v) is 3.39. The van der Waals surface area contributed by atoms with Gasteiger partial charge in [-0.15, -0.1) is 5.10 Å². The highest BCUT2D eigenvalue weighted by atomic mass is 35.5. The van der Waals surface area contributed by atoms with Crippen molar-refractivity contribution < 1.29 is 4.74 Å². The van der Waals surface area contributed by atoms with Crippen LogP contribution < -0.4 is 10.1 Å². The van der Waals surface area contributed by atoms with Crippen molar-refractivity contribution in [2.24, 2.45) is 0 Å². The summed E-state index contributed by atoms with van der Waals surface area (Å²) in [6.07, 6.45) is 0. The number of hydrogen-bond acceptors (Lipinski definition) is 5. The average Bonchev–Trinajstić information content (AvgIpc) is 2.72. The van der Waals surface area contributed by atoms with Crippen LogP contribution in [0.4, 0.5) is 0 Å². The monoisotopic (exact) mass is 317 g/mol. The van der Waals surface area contributed by atoms with Gasteiger partial charge in [-0.3, -0.25) is 0 Å². The molecule has 0 aliphatic rings. The van der Waals surface area contributed by atoms with Crippen molar-refractivity contribution in [2.75, 3.05) is 0 Å². The Morgan fingerprint density at radius 3 is 2.53 bits per heavy atom. The lowest BCUT2D eigenvalue weighted by Gasteiger charge is -2.04. The average molecular weight is 318 g/mol. The number of nitrogens with zero attached hydrogens (tertiary/aromatic N) is 2.